The van der Waals surface area contributed by atoms with Crippen LogP contribution in [0.3, 0.4) is 0 Å². The molecular formula is C21H29N3O3S. The number of urea groups is 1. The lowest BCUT2D eigenvalue weighted by molar-refractivity contribution is -0.142. The fraction of sp³-hybridized carbons (Fsp3) is 0.619. The number of para-hydroxylation sites is 1. The molecule has 2 aliphatic heterocycles. The number of piperazine rings is 1. The third-order valence-electron chi connectivity index (χ3n) is 5.81. The van der Waals surface area contributed by atoms with Gasteiger partial charge < -0.3 is 19.9 Å². The number of amides is 3. The van der Waals surface area contributed by atoms with Crippen LogP contribution >= 0.6 is 11.8 Å². The molecule has 1 N–H and O–H groups in total. The van der Waals surface area contributed by atoms with E-state index in [-0.39, 0.29) is 18.0 Å². The molecular weight excluding hydrogens is 374 g/mol. The van der Waals surface area contributed by atoms with E-state index in [1.807, 2.05) is 34.9 Å². The molecule has 0 aromatic heterocycles. The fourth-order valence-electron chi connectivity index (χ4n) is 4.16. The maximum absolute atomic E-state index is 12.8. The Kier molecular flexibility index (Phi) is 6.42. The molecule has 152 valence electrons. The van der Waals surface area contributed by atoms with Crippen molar-refractivity contribution in [2.75, 3.05) is 38.1 Å². The van der Waals surface area contributed by atoms with E-state index in [1.165, 1.54) is 25.7 Å². The average Bonchev–Trinajstić information content (AvgIpc) is 3.43. The Morgan fingerprint density at radius 1 is 0.964 bits per heavy atom. The Morgan fingerprint density at radius 2 is 1.68 bits per heavy atom. The number of carbonyl (C=O) groups excluding carboxylic acids is 2. The molecule has 3 amide bonds. The SMILES string of the molecule is O=C(Nc1ccccc1SC1CCCC1)N1CCN(C(=O)C2CCCO2)CC1. The van der Waals surface area contributed by atoms with E-state index in [2.05, 4.69) is 11.4 Å². The van der Waals surface area contributed by atoms with Gasteiger partial charge in [0.05, 0.1) is 5.69 Å². The Morgan fingerprint density at radius 3 is 2.39 bits per heavy atom. The van der Waals surface area contributed by atoms with Crippen LogP contribution in [0.2, 0.25) is 0 Å². The van der Waals surface area contributed by atoms with Crippen LogP contribution in [0, 0.1) is 0 Å². The molecule has 1 aromatic carbocycles. The van der Waals surface area contributed by atoms with E-state index < -0.39 is 0 Å². The van der Waals surface area contributed by atoms with Gasteiger partial charge in [0.2, 0.25) is 0 Å². The molecule has 0 radical (unpaired) electrons. The Balaban J connectivity index is 1.30. The second kappa shape index (κ2) is 9.18. The van der Waals surface area contributed by atoms with E-state index in [0.29, 0.717) is 38.0 Å². The number of thioether (sulfide) groups is 1. The van der Waals surface area contributed by atoms with Crippen molar-refractivity contribution in [3.8, 4) is 0 Å². The zero-order valence-corrected chi connectivity index (χ0v) is 17.1. The molecule has 3 fully saturated rings. The number of hydrogen-bond donors (Lipinski definition) is 1. The largest absolute Gasteiger partial charge is 0.368 e. The van der Waals surface area contributed by atoms with Gasteiger partial charge in [-0.25, -0.2) is 4.79 Å². The van der Waals surface area contributed by atoms with E-state index >= 15 is 0 Å². The Labute approximate surface area is 171 Å². The summed E-state index contributed by atoms with van der Waals surface area (Å²) in [6, 6.07) is 7.99. The molecule has 7 heteroatoms. The predicted octanol–water partition coefficient (Wildman–Crippen LogP) is 3.58. The monoisotopic (exact) mass is 403 g/mol. The average molecular weight is 404 g/mol. The number of rotatable bonds is 4. The smallest absolute Gasteiger partial charge is 0.321 e. The number of nitrogens with zero attached hydrogens (tertiary/aromatic N) is 2. The van der Waals surface area contributed by atoms with Crippen molar-refractivity contribution in [3.05, 3.63) is 24.3 Å². The predicted molar refractivity (Wildman–Crippen MR) is 111 cm³/mol. The summed E-state index contributed by atoms with van der Waals surface area (Å²) < 4.78 is 5.50. The number of ether oxygens (including phenoxy) is 1. The van der Waals surface area contributed by atoms with Crippen molar-refractivity contribution in [3.63, 3.8) is 0 Å². The molecule has 1 saturated carbocycles. The molecule has 28 heavy (non-hydrogen) atoms. The number of nitrogens with one attached hydrogen (secondary N) is 1. The lowest BCUT2D eigenvalue weighted by atomic mass is 10.2. The van der Waals surface area contributed by atoms with Crippen molar-refractivity contribution in [2.24, 2.45) is 0 Å². The third-order valence-corrected chi connectivity index (χ3v) is 7.22. The van der Waals surface area contributed by atoms with Crippen molar-refractivity contribution in [1.82, 2.24) is 9.80 Å². The number of carbonyl (C=O) groups is 2. The first kappa shape index (κ1) is 19.6. The van der Waals surface area contributed by atoms with Crippen LogP contribution in [0.1, 0.15) is 38.5 Å². The lowest BCUT2D eigenvalue weighted by Crippen LogP contribution is -2.53. The van der Waals surface area contributed by atoms with Gasteiger partial charge >= 0.3 is 6.03 Å². The van der Waals surface area contributed by atoms with Gasteiger partial charge in [0.25, 0.3) is 5.91 Å². The first-order valence-corrected chi connectivity index (χ1v) is 11.3. The second-order valence-electron chi connectivity index (χ2n) is 7.76. The van der Waals surface area contributed by atoms with Crippen LogP contribution in [0.25, 0.3) is 0 Å². The van der Waals surface area contributed by atoms with Crippen LogP contribution in [-0.4, -0.2) is 65.9 Å². The van der Waals surface area contributed by atoms with Crippen LogP contribution in [0.15, 0.2) is 29.2 Å². The summed E-state index contributed by atoms with van der Waals surface area (Å²) >= 11 is 1.88. The highest BCUT2D eigenvalue weighted by Gasteiger charge is 2.31. The summed E-state index contributed by atoms with van der Waals surface area (Å²) in [7, 11) is 0. The second-order valence-corrected chi connectivity index (χ2v) is 9.11. The van der Waals surface area contributed by atoms with E-state index in [1.54, 1.807) is 4.90 Å². The number of hydrogen-bond acceptors (Lipinski definition) is 4. The van der Waals surface area contributed by atoms with Crippen molar-refractivity contribution >= 4 is 29.4 Å². The molecule has 2 saturated heterocycles. The van der Waals surface area contributed by atoms with Crippen LogP contribution in [0.5, 0.6) is 0 Å². The van der Waals surface area contributed by atoms with Crippen LogP contribution in [0.4, 0.5) is 10.5 Å². The minimum atomic E-state index is -0.278. The van der Waals surface area contributed by atoms with Gasteiger partial charge in [-0.2, -0.15) is 0 Å². The van der Waals surface area contributed by atoms with Crippen molar-refractivity contribution in [2.45, 2.75) is 54.8 Å². The maximum atomic E-state index is 12.8. The molecule has 6 nitrogen and oxygen atoms in total. The molecule has 0 bridgehead atoms. The quantitative estimate of drug-likeness (QED) is 0.835. The first-order chi connectivity index (χ1) is 13.7. The van der Waals surface area contributed by atoms with Crippen LogP contribution < -0.4 is 5.32 Å². The van der Waals surface area contributed by atoms with Gasteiger partial charge in [0.15, 0.2) is 0 Å². The number of anilines is 1. The van der Waals surface area contributed by atoms with Crippen molar-refractivity contribution < 1.29 is 14.3 Å². The zero-order valence-electron chi connectivity index (χ0n) is 16.3. The van der Waals surface area contributed by atoms with Gasteiger partial charge in [0.1, 0.15) is 6.10 Å². The van der Waals surface area contributed by atoms with E-state index in [4.69, 9.17) is 4.74 Å². The first-order valence-electron chi connectivity index (χ1n) is 10.4. The molecule has 1 atom stereocenters. The lowest BCUT2D eigenvalue weighted by Gasteiger charge is -2.35. The van der Waals surface area contributed by atoms with E-state index in [0.717, 1.165) is 23.4 Å². The summed E-state index contributed by atoms with van der Waals surface area (Å²) in [5, 5.41) is 3.75. The topological polar surface area (TPSA) is 61.9 Å². The van der Waals surface area contributed by atoms with Gasteiger partial charge in [0, 0.05) is 42.9 Å². The standard InChI is InChI=1S/C21H29N3O3S/c25-20(18-9-5-15-27-18)23-11-13-24(14-12-23)21(26)22-17-8-3-4-10-19(17)28-16-6-1-2-7-16/h3-4,8,10,16,18H,1-2,5-7,9,11-15H2,(H,22,26). The van der Waals surface area contributed by atoms with Gasteiger partial charge in [-0.05, 0) is 37.8 Å². The highest BCUT2D eigenvalue weighted by Crippen LogP contribution is 2.38. The molecule has 3 aliphatic rings. The normalized spacial score (nSPS) is 23.2. The highest BCUT2D eigenvalue weighted by atomic mass is 32.2. The summed E-state index contributed by atoms with van der Waals surface area (Å²) in [5.41, 5.74) is 0.891. The van der Waals surface area contributed by atoms with E-state index in [9.17, 15) is 9.59 Å². The molecule has 0 spiro atoms. The van der Waals surface area contributed by atoms with Crippen LogP contribution in [-0.2, 0) is 9.53 Å². The minimum absolute atomic E-state index is 0.0795. The summed E-state index contributed by atoms with van der Waals surface area (Å²) in [6.45, 7) is 2.94. The summed E-state index contributed by atoms with van der Waals surface area (Å²) in [5.74, 6) is 0.0795. The van der Waals surface area contributed by atoms with Gasteiger partial charge in [-0.1, -0.05) is 25.0 Å². The Bertz CT molecular complexity index is 694. The summed E-state index contributed by atoms with van der Waals surface area (Å²) in [6.07, 6.45) is 6.62. The number of benzene rings is 1. The van der Waals surface area contributed by atoms with Gasteiger partial charge in [-0.15, -0.1) is 11.8 Å². The molecule has 4 rings (SSSR count). The van der Waals surface area contributed by atoms with Gasteiger partial charge in [-0.3, -0.25) is 4.79 Å². The highest BCUT2D eigenvalue weighted by molar-refractivity contribution is 8.00. The molecule has 1 aromatic rings. The molecule has 1 unspecified atom stereocenters. The fourth-order valence-corrected chi connectivity index (χ4v) is 5.49. The maximum Gasteiger partial charge on any atom is 0.321 e. The minimum Gasteiger partial charge on any atom is -0.368 e. The molecule has 1 aliphatic carbocycles. The zero-order chi connectivity index (χ0) is 19.3. The van der Waals surface area contributed by atoms with Crippen molar-refractivity contribution in [1.29, 1.82) is 0 Å². The third kappa shape index (κ3) is 4.63. The summed E-state index contributed by atoms with van der Waals surface area (Å²) in [4.78, 5) is 30.0. The molecule has 2 heterocycles. The Hall–Kier alpha value is -1.73.